The van der Waals surface area contributed by atoms with E-state index < -0.39 is 12.5 Å². The molecule has 1 unspecified atom stereocenters. The lowest BCUT2D eigenvalue weighted by molar-refractivity contribution is 0.00784. The normalized spacial score (nSPS) is 14.0. The third-order valence-electron chi connectivity index (χ3n) is 2.52. The number of nitrogens with zero attached hydrogens (tertiary/aromatic N) is 2. The predicted octanol–water partition coefficient (Wildman–Crippen LogP) is 3.89. The van der Waals surface area contributed by atoms with Crippen molar-refractivity contribution in [2.75, 3.05) is 7.11 Å². The van der Waals surface area contributed by atoms with Gasteiger partial charge in [-0.15, -0.1) is 11.6 Å². The molecule has 0 spiro atoms. The molecule has 3 nitrogen and oxygen atoms in total. The fourth-order valence-electron chi connectivity index (χ4n) is 1.70. The van der Waals surface area contributed by atoms with E-state index in [9.17, 15) is 8.78 Å². The number of hydrogen-bond acceptors (Lipinski definition) is 3. The van der Waals surface area contributed by atoms with Crippen LogP contribution >= 0.6 is 11.6 Å². The van der Waals surface area contributed by atoms with Gasteiger partial charge in [0.2, 0.25) is 0 Å². The van der Waals surface area contributed by atoms with Crippen molar-refractivity contribution < 1.29 is 13.5 Å². The monoisotopic (exact) mass is 278 g/mol. The molecular weight excluding hydrogens is 262 g/mol. The molecule has 1 heterocycles. The topological polar surface area (TPSA) is 35.0 Å². The molecule has 0 aliphatic rings. The molecule has 6 heteroatoms. The van der Waals surface area contributed by atoms with E-state index >= 15 is 0 Å². The summed E-state index contributed by atoms with van der Waals surface area (Å²) in [5.41, 5.74) is -0.350. The zero-order valence-corrected chi connectivity index (χ0v) is 11.6. The molecule has 0 aliphatic carbocycles. The largest absolute Gasteiger partial charge is 0.373 e. The Morgan fingerprint density at radius 3 is 2.39 bits per heavy atom. The van der Waals surface area contributed by atoms with E-state index in [-0.39, 0.29) is 28.4 Å². The minimum Gasteiger partial charge on any atom is -0.373 e. The van der Waals surface area contributed by atoms with Crippen molar-refractivity contribution in [1.82, 2.24) is 9.97 Å². The molecule has 0 N–H and O–H groups in total. The molecule has 0 amide bonds. The van der Waals surface area contributed by atoms with Crippen LogP contribution in [0.3, 0.4) is 0 Å². The Morgan fingerprint density at radius 2 is 2.00 bits per heavy atom. The van der Waals surface area contributed by atoms with Crippen LogP contribution in [0.1, 0.15) is 50.4 Å². The van der Waals surface area contributed by atoms with Gasteiger partial charge < -0.3 is 4.74 Å². The maximum absolute atomic E-state index is 12.9. The molecule has 0 saturated carbocycles. The van der Waals surface area contributed by atoms with Crippen LogP contribution in [0.2, 0.25) is 0 Å². The van der Waals surface area contributed by atoms with E-state index in [0.717, 1.165) is 0 Å². The van der Waals surface area contributed by atoms with E-state index in [4.69, 9.17) is 16.3 Å². The van der Waals surface area contributed by atoms with E-state index in [1.807, 2.05) is 20.8 Å². The van der Waals surface area contributed by atoms with Crippen LogP contribution < -0.4 is 0 Å². The van der Waals surface area contributed by atoms with Gasteiger partial charge in [0.1, 0.15) is 11.8 Å². The summed E-state index contributed by atoms with van der Waals surface area (Å²) in [5, 5.41) is 0. The van der Waals surface area contributed by atoms with Gasteiger partial charge >= 0.3 is 0 Å². The number of halogens is 3. The summed E-state index contributed by atoms with van der Waals surface area (Å²) < 4.78 is 31.0. The Bertz CT molecular complexity index is 408. The van der Waals surface area contributed by atoms with Crippen molar-refractivity contribution >= 4 is 11.6 Å². The first-order valence-electron chi connectivity index (χ1n) is 5.53. The Hall–Kier alpha value is -0.810. The summed E-state index contributed by atoms with van der Waals surface area (Å²) >= 11 is 5.59. The van der Waals surface area contributed by atoms with Crippen LogP contribution in [0.15, 0.2) is 6.20 Å². The average molecular weight is 279 g/mol. The van der Waals surface area contributed by atoms with Crippen LogP contribution in [-0.4, -0.2) is 17.1 Å². The van der Waals surface area contributed by atoms with Crippen molar-refractivity contribution in [3.8, 4) is 0 Å². The number of alkyl halides is 3. The first-order valence-corrected chi connectivity index (χ1v) is 6.07. The SMILES string of the molecule is COC(c1ncc(CCl)c(C(F)F)n1)C(C)(C)C. The second-order valence-electron chi connectivity index (χ2n) is 5.05. The van der Waals surface area contributed by atoms with Crippen LogP contribution in [0.25, 0.3) is 0 Å². The zero-order chi connectivity index (χ0) is 13.9. The highest BCUT2D eigenvalue weighted by atomic mass is 35.5. The highest BCUT2D eigenvalue weighted by molar-refractivity contribution is 6.17. The Morgan fingerprint density at radius 1 is 1.39 bits per heavy atom. The van der Waals surface area contributed by atoms with E-state index in [1.54, 1.807) is 0 Å². The highest BCUT2D eigenvalue weighted by Crippen LogP contribution is 2.34. The summed E-state index contributed by atoms with van der Waals surface area (Å²) in [6, 6.07) is 0. The molecule has 1 aromatic heterocycles. The van der Waals surface area contributed by atoms with Gasteiger partial charge in [0.25, 0.3) is 6.43 Å². The van der Waals surface area contributed by atoms with Crippen molar-refractivity contribution in [3.05, 3.63) is 23.3 Å². The third kappa shape index (κ3) is 3.36. The van der Waals surface area contributed by atoms with Crippen molar-refractivity contribution in [1.29, 1.82) is 0 Å². The molecule has 0 fully saturated rings. The highest BCUT2D eigenvalue weighted by Gasteiger charge is 2.30. The van der Waals surface area contributed by atoms with Crippen LogP contribution in [0.5, 0.6) is 0 Å². The van der Waals surface area contributed by atoms with Crippen molar-refractivity contribution in [2.24, 2.45) is 5.41 Å². The van der Waals surface area contributed by atoms with Crippen LogP contribution in [-0.2, 0) is 10.6 Å². The molecule has 0 bridgehead atoms. The Kier molecular flexibility index (Phi) is 4.99. The lowest BCUT2D eigenvalue weighted by Gasteiger charge is -2.28. The molecule has 0 aliphatic heterocycles. The second-order valence-corrected chi connectivity index (χ2v) is 5.32. The zero-order valence-electron chi connectivity index (χ0n) is 10.9. The van der Waals surface area contributed by atoms with Gasteiger partial charge in [-0.25, -0.2) is 18.7 Å². The molecule has 0 radical (unpaired) electrons. The van der Waals surface area contributed by atoms with Gasteiger partial charge in [0.15, 0.2) is 5.82 Å². The number of aromatic nitrogens is 2. The van der Waals surface area contributed by atoms with Gasteiger partial charge in [0, 0.05) is 18.9 Å². The van der Waals surface area contributed by atoms with Gasteiger partial charge in [-0.1, -0.05) is 20.8 Å². The maximum Gasteiger partial charge on any atom is 0.280 e. The Labute approximate surface area is 111 Å². The number of rotatable bonds is 4. The maximum atomic E-state index is 12.9. The van der Waals surface area contributed by atoms with Crippen molar-refractivity contribution in [3.63, 3.8) is 0 Å². The lowest BCUT2D eigenvalue weighted by Crippen LogP contribution is -2.23. The minimum atomic E-state index is -2.67. The Balaban J connectivity index is 3.22. The third-order valence-corrected chi connectivity index (χ3v) is 2.81. The molecular formula is C12H17ClF2N2O. The summed E-state index contributed by atoms with van der Waals surface area (Å²) in [5.74, 6) is 0.224. The number of ether oxygens (including phenoxy) is 1. The predicted molar refractivity (Wildman–Crippen MR) is 65.8 cm³/mol. The lowest BCUT2D eigenvalue weighted by atomic mass is 9.88. The van der Waals surface area contributed by atoms with E-state index in [1.165, 1.54) is 13.3 Å². The average Bonchev–Trinajstić information content (AvgIpc) is 2.27. The summed E-state index contributed by atoms with van der Waals surface area (Å²) in [6.07, 6.45) is -1.77. The van der Waals surface area contributed by atoms with Gasteiger partial charge in [-0.3, -0.25) is 0 Å². The fraction of sp³-hybridized carbons (Fsp3) is 0.667. The first kappa shape index (κ1) is 15.2. The second kappa shape index (κ2) is 5.89. The molecule has 1 rings (SSSR count). The van der Waals surface area contributed by atoms with Gasteiger partial charge in [-0.05, 0) is 5.41 Å². The molecule has 1 atom stereocenters. The van der Waals surface area contributed by atoms with Gasteiger partial charge in [-0.2, -0.15) is 0 Å². The smallest absolute Gasteiger partial charge is 0.280 e. The molecule has 18 heavy (non-hydrogen) atoms. The summed E-state index contributed by atoms with van der Waals surface area (Å²) in [7, 11) is 1.51. The van der Waals surface area contributed by atoms with E-state index in [2.05, 4.69) is 9.97 Å². The molecule has 102 valence electrons. The van der Waals surface area contributed by atoms with Crippen LogP contribution in [0.4, 0.5) is 8.78 Å². The summed E-state index contributed by atoms with van der Waals surface area (Å²) in [6.45, 7) is 5.80. The summed E-state index contributed by atoms with van der Waals surface area (Å²) in [4.78, 5) is 7.99. The first-order chi connectivity index (χ1) is 8.31. The fourth-order valence-corrected chi connectivity index (χ4v) is 1.90. The molecule has 0 saturated heterocycles. The standard InChI is InChI=1S/C12H17ClF2N2O/c1-12(2,3)9(18-4)11-16-6-7(5-13)8(17-11)10(14)15/h6,9-10H,5H2,1-4H3. The number of methoxy groups -OCH3 is 1. The number of hydrogen-bond donors (Lipinski definition) is 0. The molecule has 0 aromatic carbocycles. The van der Waals surface area contributed by atoms with Crippen LogP contribution in [0, 0.1) is 5.41 Å². The minimum absolute atomic E-state index is 0.0346. The van der Waals surface area contributed by atoms with Gasteiger partial charge in [0.05, 0.1) is 5.88 Å². The van der Waals surface area contributed by atoms with Crippen molar-refractivity contribution in [2.45, 2.75) is 39.2 Å². The molecule has 1 aromatic rings. The quantitative estimate of drug-likeness (QED) is 0.784. The van der Waals surface area contributed by atoms with E-state index in [0.29, 0.717) is 0 Å².